The summed E-state index contributed by atoms with van der Waals surface area (Å²) in [6, 6.07) is 8.16. The number of H-pyrrole nitrogens is 1. The molecule has 0 bridgehead atoms. The summed E-state index contributed by atoms with van der Waals surface area (Å²) in [4.78, 5) is 29.9. The number of aromatic amines is 1. The zero-order valence-electron chi connectivity index (χ0n) is 19.3. The molecular weight excluding hydrogens is 440 g/mol. The molecule has 3 aliphatic rings. The van der Waals surface area contributed by atoms with Crippen molar-refractivity contribution in [3.63, 3.8) is 0 Å². The van der Waals surface area contributed by atoms with E-state index in [0.29, 0.717) is 38.7 Å². The van der Waals surface area contributed by atoms with E-state index in [1.165, 1.54) is 6.92 Å². The van der Waals surface area contributed by atoms with Gasteiger partial charge in [-0.3, -0.25) is 4.79 Å². The van der Waals surface area contributed by atoms with Crippen molar-refractivity contribution in [1.29, 1.82) is 0 Å². The topological polar surface area (TPSA) is 74.3 Å². The molecule has 3 aromatic rings. The van der Waals surface area contributed by atoms with Crippen molar-refractivity contribution >= 4 is 22.8 Å². The zero-order valence-corrected chi connectivity index (χ0v) is 19.3. The molecular formula is C25H27F2N5O2. The minimum Gasteiger partial charge on any atom is -0.377 e. The number of morpholine rings is 1. The summed E-state index contributed by atoms with van der Waals surface area (Å²) in [7, 11) is 0. The van der Waals surface area contributed by atoms with Crippen LogP contribution >= 0.6 is 0 Å². The number of carbonyl (C=O) groups excluding carboxylic acids is 1. The molecule has 2 aliphatic heterocycles. The first kappa shape index (κ1) is 21.5. The molecule has 4 heterocycles. The lowest BCUT2D eigenvalue weighted by Crippen LogP contribution is -2.45. The molecule has 6 rings (SSSR count). The fourth-order valence-corrected chi connectivity index (χ4v) is 5.21. The number of amides is 1. The van der Waals surface area contributed by atoms with Crippen molar-refractivity contribution in [3.05, 3.63) is 41.7 Å². The molecule has 1 saturated heterocycles. The zero-order chi connectivity index (χ0) is 23.7. The van der Waals surface area contributed by atoms with Crippen LogP contribution < -0.4 is 4.90 Å². The Labute approximate surface area is 196 Å². The van der Waals surface area contributed by atoms with E-state index in [2.05, 4.69) is 22.9 Å². The lowest BCUT2D eigenvalue weighted by atomic mass is 9.96. The molecule has 1 N–H and O–H groups in total. The second-order valence-corrected chi connectivity index (χ2v) is 9.85. The van der Waals surface area contributed by atoms with Gasteiger partial charge in [-0.1, -0.05) is 18.2 Å². The highest BCUT2D eigenvalue weighted by molar-refractivity contribution is 5.95. The van der Waals surface area contributed by atoms with E-state index in [-0.39, 0.29) is 19.0 Å². The molecule has 7 nitrogen and oxygen atoms in total. The molecule has 2 fully saturated rings. The third-order valence-corrected chi connectivity index (χ3v) is 7.54. The van der Waals surface area contributed by atoms with Gasteiger partial charge in [0.25, 0.3) is 5.92 Å². The van der Waals surface area contributed by atoms with Crippen LogP contribution in [-0.2, 0) is 22.5 Å². The number of rotatable bonds is 3. The van der Waals surface area contributed by atoms with Gasteiger partial charge in [0.2, 0.25) is 11.9 Å². The van der Waals surface area contributed by atoms with E-state index < -0.39 is 17.2 Å². The number of hydrogen-bond donors (Lipinski definition) is 1. The monoisotopic (exact) mass is 467 g/mol. The average molecular weight is 468 g/mol. The number of hydrogen-bond acceptors (Lipinski definition) is 5. The average Bonchev–Trinajstić information content (AvgIpc) is 3.16. The molecule has 9 heteroatoms. The molecule has 1 saturated carbocycles. The first-order valence-electron chi connectivity index (χ1n) is 11.8. The van der Waals surface area contributed by atoms with Crippen LogP contribution in [0.25, 0.3) is 22.2 Å². The van der Waals surface area contributed by atoms with Crippen molar-refractivity contribution in [1.82, 2.24) is 19.9 Å². The maximum absolute atomic E-state index is 13.9. The summed E-state index contributed by atoms with van der Waals surface area (Å²) >= 11 is 0. The van der Waals surface area contributed by atoms with Gasteiger partial charge in [-0.05, 0) is 26.3 Å². The van der Waals surface area contributed by atoms with Gasteiger partial charge in [-0.2, -0.15) is 0 Å². The Morgan fingerprint density at radius 1 is 1.24 bits per heavy atom. The van der Waals surface area contributed by atoms with Crippen LogP contribution in [0.5, 0.6) is 0 Å². The van der Waals surface area contributed by atoms with Crippen molar-refractivity contribution in [2.45, 2.75) is 45.2 Å². The predicted octanol–water partition coefficient (Wildman–Crippen LogP) is 3.78. The Kier molecular flexibility index (Phi) is 4.71. The summed E-state index contributed by atoms with van der Waals surface area (Å²) in [6.45, 7) is 5.86. The summed E-state index contributed by atoms with van der Waals surface area (Å²) in [5, 5.41) is 1.06. The van der Waals surface area contributed by atoms with Gasteiger partial charge >= 0.3 is 0 Å². The number of anilines is 1. The summed E-state index contributed by atoms with van der Waals surface area (Å²) in [5.74, 6) is -2.83. The predicted molar refractivity (Wildman–Crippen MR) is 124 cm³/mol. The standard InChI is InChI=1S/C25H27F2N5O2/c1-15-13-34-10-9-32(15)23-29-20-12-31(22(33)24(2)14-25(24,26)27)8-7-17(20)21(30-23)18-11-28-19-6-4-3-5-16(18)19/h3-6,11,15,28H,7-10,12-14H2,1-2H3/t15-,24?/m1/s1. The summed E-state index contributed by atoms with van der Waals surface area (Å²) in [6.07, 6.45) is 2.10. The molecule has 0 spiro atoms. The van der Waals surface area contributed by atoms with E-state index in [1.54, 1.807) is 4.90 Å². The van der Waals surface area contributed by atoms with E-state index in [1.807, 2.05) is 24.4 Å². The van der Waals surface area contributed by atoms with E-state index in [0.717, 1.165) is 33.4 Å². The Hall–Kier alpha value is -3.07. The van der Waals surface area contributed by atoms with Crippen LogP contribution in [-0.4, -0.2) is 64.0 Å². The molecule has 178 valence electrons. The number of halogens is 2. The fraction of sp³-hybridized carbons (Fsp3) is 0.480. The maximum Gasteiger partial charge on any atom is 0.263 e. The normalized spacial score (nSPS) is 25.9. The van der Waals surface area contributed by atoms with Crippen LogP contribution in [0.3, 0.4) is 0 Å². The highest BCUT2D eigenvalue weighted by Gasteiger charge is 2.73. The molecule has 0 radical (unpaired) electrons. The number of alkyl halides is 2. The number of para-hydroxylation sites is 1. The lowest BCUT2D eigenvalue weighted by Gasteiger charge is -2.36. The second kappa shape index (κ2) is 7.46. The number of nitrogens with zero attached hydrogens (tertiary/aromatic N) is 4. The maximum atomic E-state index is 13.9. The van der Waals surface area contributed by atoms with Crippen molar-refractivity contribution in [3.8, 4) is 11.3 Å². The van der Waals surface area contributed by atoms with Gasteiger partial charge in [0, 0.05) is 47.7 Å². The van der Waals surface area contributed by atoms with Gasteiger partial charge < -0.3 is 19.5 Å². The molecule has 2 aromatic heterocycles. The van der Waals surface area contributed by atoms with Gasteiger partial charge in [-0.15, -0.1) is 0 Å². The van der Waals surface area contributed by atoms with Crippen LogP contribution in [0.1, 0.15) is 31.5 Å². The first-order chi connectivity index (χ1) is 16.3. The molecule has 34 heavy (non-hydrogen) atoms. The SMILES string of the molecule is C[C@@H]1COCCN1c1nc2c(c(-c3c[nH]c4ccccc34)n1)CCN(C(=O)C1(C)CC1(F)F)C2. The van der Waals surface area contributed by atoms with Crippen LogP contribution in [0.15, 0.2) is 30.5 Å². The number of fused-ring (bicyclic) bond motifs is 2. The summed E-state index contributed by atoms with van der Waals surface area (Å²) in [5.41, 5.74) is 2.95. The van der Waals surface area contributed by atoms with Gasteiger partial charge in [0.15, 0.2) is 0 Å². The fourth-order valence-electron chi connectivity index (χ4n) is 5.21. The summed E-state index contributed by atoms with van der Waals surface area (Å²) < 4.78 is 33.5. The third-order valence-electron chi connectivity index (χ3n) is 7.54. The highest BCUT2D eigenvalue weighted by atomic mass is 19.3. The van der Waals surface area contributed by atoms with Crippen LogP contribution in [0, 0.1) is 5.41 Å². The Bertz CT molecular complexity index is 1290. The molecule has 2 atom stereocenters. The van der Waals surface area contributed by atoms with Crippen LogP contribution in [0.2, 0.25) is 0 Å². The van der Waals surface area contributed by atoms with Crippen molar-refractivity contribution in [2.24, 2.45) is 5.41 Å². The number of benzene rings is 1. The molecule has 1 unspecified atom stereocenters. The highest BCUT2D eigenvalue weighted by Crippen LogP contribution is 2.61. The number of carbonyl (C=O) groups is 1. The lowest BCUT2D eigenvalue weighted by molar-refractivity contribution is -0.141. The Morgan fingerprint density at radius 2 is 2.03 bits per heavy atom. The Morgan fingerprint density at radius 3 is 2.79 bits per heavy atom. The second-order valence-electron chi connectivity index (χ2n) is 9.85. The van der Waals surface area contributed by atoms with Gasteiger partial charge in [-0.25, -0.2) is 18.7 Å². The van der Waals surface area contributed by atoms with Crippen molar-refractivity contribution < 1.29 is 18.3 Å². The Balaban J connectivity index is 1.44. The van der Waals surface area contributed by atoms with Gasteiger partial charge in [0.1, 0.15) is 5.41 Å². The van der Waals surface area contributed by atoms with E-state index >= 15 is 0 Å². The molecule has 1 aromatic carbocycles. The number of ether oxygens (including phenoxy) is 1. The minimum absolute atomic E-state index is 0.105. The first-order valence-corrected chi connectivity index (χ1v) is 11.8. The van der Waals surface area contributed by atoms with Gasteiger partial charge in [0.05, 0.1) is 37.2 Å². The number of nitrogens with one attached hydrogen (secondary N) is 1. The quantitative estimate of drug-likeness (QED) is 0.635. The third kappa shape index (κ3) is 3.20. The van der Waals surface area contributed by atoms with Crippen molar-refractivity contribution in [2.75, 3.05) is 31.2 Å². The van der Waals surface area contributed by atoms with E-state index in [9.17, 15) is 13.6 Å². The van der Waals surface area contributed by atoms with Crippen LogP contribution in [0.4, 0.5) is 14.7 Å². The smallest absolute Gasteiger partial charge is 0.263 e. The molecule has 1 amide bonds. The van der Waals surface area contributed by atoms with E-state index in [4.69, 9.17) is 14.7 Å². The minimum atomic E-state index is -2.93. The molecule has 1 aliphatic carbocycles. The number of aromatic nitrogens is 3. The largest absolute Gasteiger partial charge is 0.377 e.